The van der Waals surface area contributed by atoms with Crippen LogP contribution in [0.15, 0.2) is 30.5 Å². The summed E-state index contributed by atoms with van der Waals surface area (Å²) in [5.74, 6) is -0.269. The van der Waals surface area contributed by atoms with Crippen molar-refractivity contribution in [2.24, 2.45) is 0 Å². The van der Waals surface area contributed by atoms with Crippen molar-refractivity contribution in [1.82, 2.24) is 19.8 Å². The van der Waals surface area contributed by atoms with Crippen molar-refractivity contribution in [1.29, 1.82) is 0 Å². The lowest BCUT2D eigenvalue weighted by Gasteiger charge is -2.27. The number of aromatic nitrogens is 2. The van der Waals surface area contributed by atoms with Crippen LogP contribution < -0.4 is 5.32 Å². The molecule has 2 aromatic rings. The topological polar surface area (TPSA) is 59.4 Å². The average Bonchev–Trinajstić information content (AvgIpc) is 3.40. The van der Waals surface area contributed by atoms with E-state index in [0.717, 1.165) is 5.69 Å². The summed E-state index contributed by atoms with van der Waals surface area (Å²) in [6.45, 7) is 6.62. The van der Waals surface area contributed by atoms with Crippen molar-refractivity contribution in [2.45, 2.75) is 51.7 Å². The third-order valence-electron chi connectivity index (χ3n) is 5.56. The van der Waals surface area contributed by atoms with Crippen LogP contribution in [-0.4, -0.2) is 38.7 Å². The maximum atomic E-state index is 12.3. The van der Waals surface area contributed by atoms with Gasteiger partial charge in [0.05, 0.1) is 24.4 Å². The van der Waals surface area contributed by atoms with Gasteiger partial charge in [-0.1, -0.05) is 6.07 Å². The maximum absolute atomic E-state index is 12.3. The van der Waals surface area contributed by atoms with Gasteiger partial charge in [0.1, 0.15) is 6.54 Å². The molecule has 1 N–H and O–H groups in total. The number of esters is 1. The van der Waals surface area contributed by atoms with E-state index < -0.39 is 0 Å². The summed E-state index contributed by atoms with van der Waals surface area (Å²) in [6.07, 6.45) is 4.25. The molecule has 0 aromatic carbocycles. The molecular formula is C21H26N4O2S. The van der Waals surface area contributed by atoms with Gasteiger partial charge in [0.15, 0.2) is 5.11 Å². The third kappa shape index (κ3) is 3.39. The Labute approximate surface area is 170 Å². The molecule has 0 spiro atoms. The Morgan fingerprint density at radius 2 is 2.14 bits per heavy atom. The van der Waals surface area contributed by atoms with Gasteiger partial charge >= 0.3 is 5.97 Å². The van der Waals surface area contributed by atoms with Crippen LogP contribution in [0.4, 0.5) is 0 Å². The maximum Gasteiger partial charge on any atom is 0.325 e. The van der Waals surface area contributed by atoms with E-state index in [2.05, 4.69) is 34.8 Å². The number of hydrogen-bond acceptors (Lipinski definition) is 4. The van der Waals surface area contributed by atoms with E-state index in [9.17, 15) is 4.79 Å². The molecule has 6 nitrogen and oxygen atoms in total. The summed E-state index contributed by atoms with van der Waals surface area (Å²) in [4.78, 5) is 18.8. The van der Waals surface area contributed by atoms with E-state index in [4.69, 9.17) is 17.0 Å². The molecular weight excluding hydrogens is 372 g/mol. The normalized spacial score (nSPS) is 21.7. The van der Waals surface area contributed by atoms with E-state index >= 15 is 0 Å². The zero-order valence-corrected chi connectivity index (χ0v) is 17.3. The van der Waals surface area contributed by atoms with Gasteiger partial charge in [0.2, 0.25) is 0 Å². The molecule has 0 radical (unpaired) electrons. The molecule has 2 fully saturated rings. The van der Waals surface area contributed by atoms with Crippen LogP contribution in [-0.2, 0) is 9.53 Å². The first-order chi connectivity index (χ1) is 13.5. The summed E-state index contributed by atoms with van der Waals surface area (Å²) in [7, 11) is 0. The quantitative estimate of drug-likeness (QED) is 0.595. The smallest absolute Gasteiger partial charge is 0.325 e. The van der Waals surface area contributed by atoms with Gasteiger partial charge in [-0.05, 0) is 69.6 Å². The lowest BCUT2D eigenvalue weighted by molar-refractivity contribution is -0.143. The standard InChI is InChI=1S/C21H26N4O2S/c1-4-27-18(26)12-24-20(16-11-13(2)25(14(16)3)15-8-9-15)19(23-21(24)28)17-7-5-6-10-22-17/h5-7,10-11,15,19-20H,4,8-9,12H2,1-3H3,(H,23,28)/t19-,20+/m0/s1. The molecule has 2 atom stereocenters. The number of rotatable bonds is 6. The van der Waals surface area contributed by atoms with Gasteiger partial charge in [-0.15, -0.1) is 0 Å². The first kappa shape index (κ1) is 18.9. The summed E-state index contributed by atoms with van der Waals surface area (Å²) in [5, 5.41) is 3.96. The molecule has 0 bridgehead atoms. The van der Waals surface area contributed by atoms with Crippen LogP contribution in [0.1, 0.15) is 60.5 Å². The molecule has 1 saturated heterocycles. The van der Waals surface area contributed by atoms with Crippen LogP contribution in [0.5, 0.6) is 0 Å². The van der Waals surface area contributed by atoms with Crippen molar-refractivity contribution < 1.29 is 9.53 Å². The van der Waals surface area contributed by atoms with Crippen LogP contribution in [0.3, 0.4) is 0 Å². The number of pyridine rings is 1. The highest BCUT2D eigenvalue weighted by Crippen LogP contribution is 2.44. The van der Waals surface area contributed by atoms with Crippen molar-refractivity contribution in [2.75, 3.05) is 13.2 Å². The van der Waals surface area contributed by atoms with Gasteiger partial charge in [-0.2, -0.15) is 0 Å². The minimum Gasteiger partial charge on any atom is -0.465 e. The fourth-order valence-corrected chi connectivity index (χ4v) is 4.56. The van der Waals surface area contributed by atoms with E-state index in [1.54, 1.807) is 6.20 Å². The molecule has 1 aliphatic carbocycles. The van der Waals surface area contributed by atoms with Gasteiger partial charge in [-0.25, -0.2) is 0 Å². The molecule has 4 rings (SSSR count). The highest BCUT2D eigenvalue weighted by Gasteiger charge is 2.43. The van der Waals surface area contributed by atoms with Crippen molar-refractivity contribution in [3.8, 4) is 0 Å². The Balaban J connectivity index is 1.76. The third-order valence-corrected chi connectivity index (χ3v) is 5.91. The Morgan fingerprint density at radius 3 is 2.79 bits per heavy atom. The number of thiocarbonyl (C=S) groups is 1. The fourth-order valence-electron chi connectivity index (χ4n) is 4.26. The summed E-state index contributed by atoms with van der Waals surface area (Å²) in [6, 6.07) is 8.50. The molecule has 2 aromatic heterocycles. The van der Waals surface area contributed by atoms with Crippen LogP contribution in [0, 0.1) is 13.8 Å². The lowest BCUT2D eigenvalue weighted by atomic mass is 9.97. The van der Waals surface area contributed by atoms with Crippen molar-refractivity contribution in [3.05, 3.63) is 53.1 Å². The zero-order valence-electron chi connectivity index (χ0n) is 16.5. The molecule has 3 heterocycles. The summed E-state index contributed by atoms with van der Waals surface area (Å²) < 4.78 is 7.62. The molecule has 7 heteroatoms. The van der Waals surface area contributed by atoms with Crippen LogP contribution >= 0.6 is 12.2 Å². The predicted octanol–water partition coefficient (Wildman–Crippen LogP) is 3.37. The van der Waals surface area contributed by atoms with Crippen LogP contribution in [0.25, 0.3) is 0 Å². The van der Waals surface area contributed by atoms with Gasteiger partial charge in [0.25, 0.3) is 0 Å². The largest absolute Gasteiger partial charge is 0.465 e. The minimum atomic E-state index is -0.269. The molecule has 0 amide bonds. The second kappa shape index (κ2) is 7.54. The summed E-state index contributed by atoms with van der Waals surface area (Å²) >= 11 is 5.62. The number of ether oxygens (including phenoxy) is 1. The Hall–Kier alpha value is -2.41. The summed E-state index contributed by atoms with van der Waals surface area (Å²) in [5.41, 5.74) is 4.60. The Kier molecular flexibility index (Phi) is 5.10. The van der Waals surface area contributed by atoms with Gasteiger partial charge < -0.3 is 19.5 Å². The van der Waals surface area contributed by atoms with E-state index in [1.807, 2.05) is 30.0 Å². The van der Waals surface area contributed by atoms with E-state index in [-0.39, 0.29) is 24.6 Å². The zero-order chi connectivity index (χ0) is 19.8. The molecule has 28 heavy (non-hydrogen) atoms. The molecule has 2 aliphatic rings. The molecule has 0 unspecified atom stereocenters. The minimum absolute atomic E-state index is 0.106. The number of carbonyl (C=O) groups excluding carboxylic acids is 1. The van der Waals surface area contributed by atoms with Crippen molar-refractivity contribution >= 4 is 23.3 Å². The first-order valence-electron chi connectivity index (χ1n) is 9.83. The van der Waals surface area contributed by atoms with Gasteiger partial charge in [0, 0.05) is 23.6 Å². The SMILES string of the molecule is CCOC(=O)CN1C(=S)N[C@@H](c2ccccn2)[C@H]1c1cc(C)n(C2CC2)c1C. The van der Waals surface area contributed by atoms with E-state index in [0.29, 0.717) is 17.8 Å². The van der Waals surface area contributed by atoms with Crippen LogP contribution in [0.2, 0.25) is 0 Å². The average molecular weight is 399 g/mol. The fraction of sp³-hybridized carbons (Fsp3) is 0.476. The second-order valence-corrected chi connectivity index (χ2v) is 7.87. The molecule has 1 aliphatic heterocycles. The number of hydrogen-bond donors (Lipinski definition) is 1. The monoisotopic (exact) mass is 398 g/mol. The number of nitrogens with zero attached hydrogens (tertiary/aromatic N) is 3. The lowest BCUT2D eigenvalue weighted by Crippen LogP contribution is -2.35. The van der Waals surface area contributed by atoms with Gasteiger partial charge in [-0.3, -0.25) is 9.78 Å². The highest BCUT2D eigenvalue weighted by molar-refractivity contribution is 7.80. The number of carbonyl (C=O) groups is 1. The Morgan fingerprint density at radius 1 is 1.36 bits per heavy atom. The molecule has 1 saturated carbocycles. The number of nitrogens with one attached hydrogen (secondary N) is 1. The molecule has 148 valence electrons. The number of aryl methyl sites for hydroxylation is 1. The predicted molar refractivity (Wildman–Crippen MR) is 111 cm³/mol. The Bertz CT molecular complexity index is 891. The van der Waals surface area contributed by atoms with E-state index in [1.165, 1.54) is 29.8 Å². The first-order valence-corrected chi connectivity index (χ1v) is 10.2. The van der Waals surface area contributed by atoms with Crippen molar-refractivity contribution in [3.63, 3.8) is 0 Å². The highest BCUT2D eigenvalue weighted by atomic mass is 32.1. The second-order valence-electron chi connectivity index (χ2n) is 7.49.